The standard InChI is InChI=1S/C27H19ClN2O3/c1-17-9-10-18(16-22(17)28)24-13-11-21(32-24)12-14-26(31)29-20-6-4-5-19(15-20)27-30-23-7-2-3-8-25(23)33-27/h2-16H,1H3,(H,29,31)/b14-12+. The number of fused-ring (bicyclic) bond motifs is 1. The summed E-state index contributed by atoms with van der Waals surface area (Å²) in [5, 5.41) is 3.53. The van der Waals surface area contributed by atoms with Crippen molar-refractivity contribution in [3.8, 4) is 22.8 Å². The van der Waals surface area contributed by atoms with Crippen LogP contribution in [0.1, 0.15) is 11.3 Å². The molecule has 5 aromatic rings. The van der Waals surface area contributed by atoms with E-state index in [-0.39, 0.29) is 5.91 Å². The molecule has 0 aliphatic carbocycles. The minimum absolute atomic E-state index is 0.277. The van der Waals surface area contributed by atoms with E-state index in [0.29, 0.717) is 28.1 Å². The van der Waals surface area contributed by atoms with Crippen LogP contribution in [0.5, 0.6) is 0 Å². The average molecular weight is 455 g/mol. The lowest BCUT2D eigenvalue weighted by molar-refractivity contribution is -0.111. The Bertz CT molecular complexity index is 1460. The molecule has 5 rings (SSSR count). The van der Waals surface area contributed by atoms with E-state index in [1.807, 2.05) is 79.7 Å². The summed E-state index contributed by atoms with van der Waals surface area (Å²) in [4.78, 5) is 16.9. The lowest BCUT2D eigenvalue weighted by Crippen LogP contribution is -2.07. The van der Waals surface area contributed by atoms with Gasteiger partial charge in [0.05, 0.1) is 0 Å². The number of oxazole rings is 1. The van der Waals surface area contributed by atoms with Gasteiger partial charge in [-0.3, -0.25) is 4.79 Å². The number of hydrogen-bond donors (Lipinski definition) is 1. The Morgan fingerprint density at radius 1 is 0.939 bits per heavy atom. The Labute approximate surface area is 195 Å². The van der Waals surface area contributed by atoms with Crippen molar-refractivity contribution < 1.29 is 13.6 Å². The monoisotopic (exact) mass is 454 g/mol. The Morgan fingerprint density at radius 3 is 2.67 bits per heavy atom. The van der Waals surface area contributed by atoms with E-state index in [2.05, 4.69) is 10.3 Å². The Balaban J connectivity index is 1.28. The van der Waals surface area contributed by atoms with Crippen LogP contribution in [0.2, 0.25) is 5.02 Å². The van der Waals surface area contributed by atoms with Gasteiger partial charge in [-0.25, -0.2) is 4.98 Å². The summed E-state index contributed by atoms with van der Waals surface area (Å²) in [5.74, 6) is 1.48. The molecule has 2 aromatic heterocycles. The van der Waals surface area contributed by atoms with Crippen LogP contribution in [0.3, 0.4) is 0 Å². The molecule has 33 heavy (non-hydrogen) atoms. The van der Waals surface area contributed by atoms with Gasteiger partial charge in [0, 0.05) is 27.9 Å². The van der Waals surface area contributed by atoms with Crippen LogP contribution < -0.4 is 5.32 Å². The van der Waals surface area contributed by atoms with Gasteiger partial charge in [0.1, 0.15) is 17.0 Å². The van der Waals surface area contributed by atoms with E-state index in [4.69, 9.17) is 20.4 Å². The van der Waals surface area contributed by atoms with Gasteiger partial charge in [-0.1, -0.05) is 41.9 Å². The van der Waals surface area contributed by atoms with E-state index in [9.17, 15) is 4.79 Å². The Hall–Kier alpha value is -4.09. The number of aromatic nitrogens is 1. The number of aryl methyl sites for hydroxylation is 1. The second-order valence-corrected chi connectivity index (χ2v) is 7.96. The fourth-order valence-electron chi connectivity index (χ4n) is 3.41. The third-order valence-electron chi connectivity index (χ3n) is 5.15. The Morgan fingerprint density at radius 2 is 1.82 bits per heavy atom. The summed E-state index contributed by atoms with van der Waals surface area (Å²) in [6, 6.07) is 24.3. The van der Waals surface area contributed by atoms with Crippen molar-refractivity contribution in [1.82, 2.24) is 4.98 Å². The van der Waals surface area contributed by atoms with Crippen molar-refractivity contribution in [1.29, 1.82) is 0 Å². The lowest BCUT2D eigenvalue weighted by Gasteiger charge is -2.03. The highest BCUT2D eigenvalue weighted by Gasteiger charge is 2.09. The van der Waals surface area contributed by atoms with Crippen LogP contribution in [0.15, 0.2) is 93.8 Å². The fraction of sp³-hybridized carbons (Fsp3) is 0.0370. The summed E-state index contributed by atoms with van der Waals surface area (Å²) >= 11 is 6.20. The predicted octanol–water partition coefficient (Wildman–Crippen LogP) is 7.37. The van der Waals surface area contributed by atoms with Gasteiger partial charge in [-0.15, -0.1) is 0 Å². The van der Waals surface area contributed by atoms with Crippen LogP contribution in [0.25, 0.3) is 40.0 Å². The quantitative estimate of drug-likeness (QED) is 0.281. The number of furan rings is 1. The van der Waals surface area contributed by atoms with E-state index in [1.54, 1.807) is 12.1 Å². The molecule has 0 aliphatic heterocycles. The van der Waals surface area contributed by atoms with Gasteiger partial charge >= 0.3 is 0 Å². The highest BCUT2D eigenvalue weighted by Crippen LogP contribution is 2.28. The molecule has 0 spiro atoms. The van der Waals surface area contributed by atoms with Gasteiger partial charge in [0.2, 0.25) is 11.8 Å². The molecule has 2 heterocycles. The molecule has 1 amide bonds. The number of nitrogens with zero attached hydrogens (tertiary/aromatic N) is 1. The number of amides is 1. The SMILES string of the molecule is Cc1ccc(-c2ccc(/C=C/C(=O)Nc3cccc(-c4nc5ccccc5o4)c3)o2)cc1Cl. The van der Waals surface area contributed by atoms with Crippen molar-refractivity contribution in [2.45, 2.75) is 6.92 Å². The molecule has 0 radical (unpaired) electrons. The van der Waals surface area contributed by atoms with Crippen LogP contribution in [0, 0.1) is 6.92 Å². The average Bonchev–Trinajstić information content (AvgIpc) is 3.47. The minimum Gasteiger partial charge on any atom is -0.457 e. The Kier molecular flexibility index (Phi) is 5.55. The molecule has 5 nitrogen and oxygen atoms in total. The maximum absolute atomic E-state index is 12.4. The van der Waals surface area contributed by atoms with Crippen LogP contribution in [-0.2, 0) is 4.79 Å². The fourth-order valence-corrected chi connectivity index (χ4v) is 3.59. The second-order valence-electron chi connectivity index (χ2n) is 7.56. The van der Waals surface area contributed by atoms with Crippen molar-refractivity contribution in [2.24, 2.45) is 0 Å². The summed E-state index contributed by atoms with van der Waals surface area (Å²) in [6.45, 7) is 1.95. The predicted molar refractivity (Wildman–Crippen MR) is 131 cm³/mol. The van der Waals surface area contributed by atoms with Crippen molar-refractivity contribution in [2.75, 3.05) is 5.32 Å². The first-order chi connectivity index (χ1) is 16.0. The van der Waals surface area contributed by atoms with E-state index >= 15 is 0 Å². The number of halogens is 1. The zero-order chi connectivity index (χ0) is 22.8. The highest BCUT2D eigenvalue weighted by atomic mass is 35.5. The molecule has 0 saturated carbocycles. The zero-order valence-corrected chi connectivity index (χ0v) is 18.5. The molecular formula is C27H19ClN2O3. The highest BCUT2D eigenvalue weighted by molar-refractivity contribution is 6.31. The van der Waals surface area contributed by atoms with E-state index in [0.717, 1.165) is 27.8 Å². The van der Waals surface area contributed by atoms with Gasteiger partial charge < -0.3 is 14.2 Å². The largest absolute Gasteiger partial charge is 0.457 e. The molecule has 0 bridgehead atoms. The van der Waals surface area contributed by atoms with Crippen molar-refractivity contribution >= 4 is 40.4 Å². The number of benzene rings is 3. The summed E-state index contributed by atoms with van der Waals surface area (Å²) < 4.78 is 11.6. The van der Waals surface area contributed by atoms with Gasteiger partial charge in [0.15, 0.2) is 5.58 Å². The van der Waals surface area contributed by atoms with Gasteiger partial charge in [0.25, 0.3) is 0 Å². The normalized spacial score (nSPS) is 11.3. The summed E-state index contributed by atoms with van der Waals surface area (Å²) in [5.41, 5.74) is 4.81. The molecule has 0 atom stereocenters. The number of carbonyl (C=O) groups excluding carboxylic acids is 1. The van der Waals surface area contributed by atoms with E-state index in [1.165, 1.54) is 6.08 Å². The minimum atomic E-state index is -0.277. The molecule has 0 unspecified atom stereocenters. The van der Waals surface area contributed by atoms with Crippen LogP contribution in [-0.4, -0.2) is 10.9 Å². The number of rotatable bonds is 5. The number of para-hydroxylation sites is 2. The molecule has 0 saturated heterocycles. The number of carbonyl (C=O) groups is 1. The van der Waals surface area contributed by atoms with Crippen LogP contribution in [0.4, 0.5) is 5.69 Å². The second kappa shape index (κ2) is 8.81. The first-order valence-electron chi connectivity index (χ1n) is 10.4. The topological polar surface area (TPSA) is 68.3 Å². The maximum atomic E-state index is 12.4. The molecule has 3 aromatic carbocycles. The van der Waals surface area contributed by atoms with Gasteiger partial charge in [-0.05, 0) is 67.1 Å². The molecule has 1 N–H and O–H groups in total. The number of hydrogen-bond acceptors (Lipinski definition) is 4. The molecule has 162 valence electrons. The van der Waals surface area contributed by atoms with Crippen LogP contribution >= 0.6 is 11.6 Å². The summed E-state index contributed by atoms with van der Waals surface area (Å²) in [7, 11) is 0. The lowest BCUT2D eigenvalue weighted by atomic mass is 10.1. The molecule has 0 aliphatic rings. The number of anilines is 1. The smallest absolute Gasteiger partial charge is 0.248 e. The first kappa shape index (κ1) is 20.8. The first-order valence-corrected chi connectivity index (χ1v) is 10.7. The number of nitrogens with one attached hydrogen (secondary N) is 1. The molecule has 0 fully saturated rings. The zero-order valence-electron chi connectivity index (χ0n) is 17.7. The third-order valence-corrected chi connectivity index (χ3v) is 5.56. The third kappa shape index (κ3) is 4.59. The maximum Gasteiger partial charge on any atom is 0.248 e. The van der Waals surface area contributed by atoms with Crippen molar-refractivity contribution in [3.63, 3.8) is 0 Å². The summed E-state index contributed by atoms with van der Waals surface area (Å²) in [6.07, 6.45) is 3.05. The van der Waals surface area contributed by atoms with E-state index < -0.39 is 0 Å². The van der Waals surface area contributed by atoms with Crippen molar-refractivity contribution in [3.05, 3.63) is 101 Å². The molecule has 6 heteroatoms. The molecular weight excluding hydrogens is 436 g/mol. The van der Waals surface area contributed by atoms with Gasteiger partial charge in [-0.2, -0.15) is 0 Å².